The first-order valence-electron chi connectivity index (χ1n) is 4.81. The molecule has 0 heterocycles. The number of carbonyl (C=O) groups is 2. The van der Waals surface area contributed by atoms with Crippen LogP contribution < -0.4 is 5.32 Å². The third-order valence-corrected chi connectivity index (χ3v) is 2.02. The van der Waals surface area contributed by atoms with E-state index < -0.39 is 30.2 Å². The number of amides is 1. The SMILES string of the molecule is CCOC(=O)NC(C(=O)OC)C(C)C(F)(F)F. The third kappa shape index (κ3) is 4.92. The highest BCUT2D eigenvalue weighted by Gasteiger charge is 2.45. The Labute approximate surface area is 96.3 Å². The molecule has 2 unspecified atom stereocenters. The van der Waals surface area contributed by atoms with Crippen LogP contribution in [0.4, 0.5) is 18.0 Å². The normalized spacial score (nSPS) is 14.7. The smallest absolute Gasteiger partial charge is 0.407 e. The minimum absolute atomic E-state index is 0.0138. The lowest BCUT2D eigenvalue weighted by Crippen LogP contribution is -2.50. The van der Waals surface area contributed by atoms with Crippen LogP contribution in [0.2, 0.25) is 0 Å². The summed E-state index contributed by atoms with van der Waals surface area (Å²) in [5, 5.41) is 1.82. The lowest BCUT2D eigenvalue weighted by molar-refractivity contribution is -0.185. The number of methoxy groups -OCH3 is 1. The number of esters is 1. The predicted octanol–water partition coefficient (Wildman–Crippen LogP) is 1.47. The van der Waals surface area contributed by atoms with Crippen molar-refractivity contribution in [1.29, 1.82) is 0 Å². The van der Waals surface area contributed by atoms with E-state index in [4.69, 9.17) is 0 Å². The molecule has 0 bridgehead atoms. The Morgan fingerprint density at radius 2 is 1.88 bits per heavy atom. The molecule has 1 amide bonds. The Morgan fingerprint density at radius 3 is 2.24 bits per heavy atom. The standard InChI is InChI=1S/C9H14F3NO4/c1-4-17-8(15)13-6(7(14)16-3)5(2)9(10,11)12/h5-6H,4H2,1-3H3,(H,13,15). The molecule has 17 heavy (non-hydrogen) atoms. The first-order valence-corrected chi connectivity index (χ1v) is 4.81. The minimum Gasteiger partial charge on any atom is -0.467 e. The number of ether oxygens (including phenoxy) is 2. The highest BCUT2D eigenvalue weighted by molar-refractivity contribution is 5.81. The van der Waals surface area contributed by atoms with E-state index in [0.29, 0.717) is 0 Å². The zero-order valence-electron chi connectivity index (χ0n) is 9.63. The van der Waals surface area contributed by atoms with E-state index in [0.717, 1.165) is 14.0 Å². The molecular formula is C9H14F3NO4. The van der Waals surface area contributed by atoms with Crippen molar-refractivity contribution in [2.24, 2.45) is 5.92 Å². The molecule has 0 rings (SSSR count). The highest BCUT2D eigenvalue weighted by Crippen LogP contribution is 2.28. The number of carbonyl (C=O) groups excluding carboxylic acids is 2. The van der Waals surface area contributed by atoms with Gasteiger partial charge in [0.25, 0.3) is 0 Å². The summed E-state index contributed by atoms with van der Waals surface area (Å²) in [4.78, 5) is 22.1. The fourth-order valence-corrected chi connectivity index (χ4v) is 1.00. The number of hydrogen-bond donors (Lipinski definition) is 1. The quantitative estimate of drug-likeness (QED) is 0.774. The first kappa shape index (κ1) is 15.5. The number of alkyl carbamates (subject to hydrolysis) is 1. The molecule has 0 aromatic heterocycles. The lowest BCUT2D eigenvalue weighted by atomic mass is 10.0. The Bertz CT molecular complexity index is 280. The van der Waals surface area contributed by atoms with E-state index in [9.17, 15) is 22.8 Å². The van der Waals surface area contributed by atoms with Gasteiger partial charge in [0.05, 0.1) is 19.6 Å². The molecule has 0 fully saturated rings. The molecule has 100 valence electrons. The largest absolute Gasteiger partial charge is 0.467 e. The van der Waals surface area contributed by atoms with Gasteiger partial charge in [-0.2, -0.15) is 13.2 Å². The average molecular weight is 257 g/mol. The first-order chi connectivity index (χ1) is 7.73. The van der Waals surface area contributed by atoms with Crippen molar-refractivity contribution in [1.82, 2.24) is 5.32 Å². The monoisotopic (exact) mass is 257 g/mol. The van der Waals surface area contributed by atoms with Gasteiger partial charge in [-0.1, -0.05) is 6.92 Å². The third-order valence-electron chi connectivity index (χ3n) is 2.02. The van der Waals surface area contributed by atoms with E-state index in [1.54, 1.807) is 0 Å². The van der Waals surface area contributed by atoms with Gasteiger partial charge in [0.2, 0.25) is 0 Å². The molecule has 0 aliphatic heterocycles. The van der Waals surface area contributed by atoms with Crippen molar-refractivity contribution in [2.75, 3.05) is 13.7 Å². The van der Waals surface area contributed by atoms with E-state index in [1.165, 1.54) is 6.92 Å². The fraction of sp³-hybridized carbons (Fsp3) is 0.778. The summed E-state index contributed by atoms with van der Waals surface area (Å²) in [6, 6.07) is -1.82. The second kappa shape index (κ2) is 6.31. The summed E-state index contributed by atoms with van der Waals surface area (Å²) >= 11 is 0. The lowest BCUT2D eigenvalue weighted by Gasteiger charge is -2.24. The molecule has 0 aliphatic carbocycles. The molecule has 0 radical (unpaired) electrons. The van der Waals surface area contributed by atoms with Gasteiger partial charge in [-0.15, -0.1) is 0 Å². The van der Waals surface area contributed by atoms with Crippen molar-refractivity contribution in [2.45, 2.75) is 26.1 Å². The van der Waals surface area contributed by atoms with Crippen LogP contribution in [0.3, 0.4) is 0 Å². The molecule has 0 aromatic carbocycles. The van der Waals surface area contributed by atoms with Gasteiger partial charge in [-0.3, -0.25) is 0 Å². The van der Waals surface area contributed by atoms with Crippen molar-refractivity contribution in [3.05, 3.63) is 0 Å². The summed E-state index contributed by atoms with van der Waals surface area (Å²) in [6.07, 6.45) is -5.72. The summed E-state index contributed by atoms with van der Waals surface area (Å²) in [5.74, 6) is -3.25. The maximum Gasteiger partial charge on any atom is 0.407 e. The molecule has 0 aromatic rings. The summed E-state index contributed by atoms with van der Waals surface area (Å²) in [6.45, 7) is 2.24. The van der Waals surface area contributed by atoms with Crippen LogP contribution in [0, 0.1) is 5.92 Å². The highest BCUT2D eigenvalue weighted by atomic mass is 19.4. The van der Waals surface area contributed by atoms with E-state index in [2.05, 4.69) is 9.47 Å². The van der Waals surface area contributed by atoms with Crippen LogP contribution in [-0.4, -0.2) is 38.0 Å². The van der Waals surface area contributed by atoms with E-state index >= 15 is 0 Å². The van der Waals surface area contributed by atoms with Gasteiger partial charge in [0, 0.05) is 0 Å². The zero-order chi connectivity index (χ0) is 13.6. The number of hydrogen-bond acceptors (Lipinski definition) is 4. The van der Waals surface area contributed by atoms with Crippen LogP contribution >= 0.6 is 0 Å². The topological polar surface area (TPSA) is 64.6 Å². The summed E-state index contributed by atoms with van der Waals surface area (Å²) in [5.41, 5.74) is 0. The summed E-state index contributed by atoms with van der Waals surface area (Å²) in [7, 11) is 0.936. The van der Waals surface area contributed by atoms with Crippen LogP contribution in [0.25, 0.3) is 0 Å². The number of nitrogens with one attached hydrogen (secondary N) is 1. The molecule has 0 saturated heterocycles. The molecule has 2 atom stereocenters. The molecular weight excluding hydrogens is 243 g/mol. The average Bonchev–Trinajstić information content (AvgIpc) is 2.23. The molecule has 0 aliphatic rings. The van der Waals surface area contributed by atoms with Crippen LogP contribution in [0.5, 0.6) is 0 Å². The van der Waals surface area contributed by atoms with Gasteiger partial charge in [-0.25, -0.2) is 9.59 Å². The Kier molecular flexibility index (Phi) is 5.77. The second-order valence-electron chi connectivity index (χ2n) is 3.20. The van der Waals surface area contributed by atoms with Crippen molar-refractivity contribution >= 4 is 12.1 Å². The maximum atomic E-state index is 12.4. The Morgan fingerprint density at radius 1 is 1.35 bits per heavy atom. The van der Waals surface area contributed by atoms with Crippen LogP contribution in [-0.2, 0) is 14.3 Å². The van der Waals surface area contributed by atoms with Gasteiger partial charge in [0.1, 0.15) is 6.04 Å². The maximum absolute atomic E-state index is 12.4. The second-order valence-corrected chi connectivity index (χ2v) is 3.20. The van der Waals surface area contributed by atoms with Crippen molar-refractivity contribution in [3.63, 3.8) is 0 Å². The van der Waals surface area contributed by atoms with Gasteiger partial charge in [0.15, 0.2) is 0 Å². The van der Waals surface area contributed by atoms with Crippen LogP contribution in [0.15, 0.2) is 0 Å². The van der Waals surface area contributed by atoms with Gasteiger partial charge >= 0.3 is 18.2 Å². The minimum atomic E-state index is -4.63. The molecule has 1 N–H and O–H groups in total. The number of alkyl halides is 3. The Balaban J connectivity index is 4.77. The van der Waals surface area contributed by atoms with Gasteiger partial charge in [-0.05, 0) is 6.92 Å². The molecule has 5 nitrogen and oxygen atoms in total. The fourth-order valence-electron chi connectivity index (χ4n) is 1.00. The van der Waals surface area contributed by atoms with Gasteiger partial charge < -0.3 is 14.8 Å². The van der Waals surface area contributed by atoms with E-state index in [1.807, 2.05) is 5.32 Å². The number of halogens is 3. The van der Waals surface area contributed by atoms with E-state index in [-0.39, 0.29) is 6.61 Å². The molecule has 0 saturated carbocycles. The zero-order valence-corrected chi connectivity index (χ0v) is 9.63. The van der Waals surface area contributed by atoms with Crippen molar-refractivity contribution in [3.8, 4) is 0 Å². The predicted molar refractivity (Wildman–Crippen MR) is 51.2 cm³/mol. The van der Waals surface area contributed by atoms with Crippen molar-refractivity contribution < 1.29 is 32.2 Å². The molecule has 0 spiro atoms. The van der Waals surface area contributed by atoms with Crippen LogP contribution in [0.1, 0.15) is 13.8 Å². The number of rotatable bonds is 4. The Hall–Kier alpha value is -1.47. The summed E-state index contributed by atoms with van der Waals surface area (Å²) < 4.78 is 45.9. The molecule has 8 heteroatoms.